The summed E-state index contributed by atoms with van der Waals surface area (Å²) in [6.07, 6.45) is 2.48. The Labute approximate surface area is 219 Å². The molecule has 208 valence electrons. The highest BCUT2D eigenvalue weighted by Gasteiger charge is 2.60. The number of rotatable bonds is 5. The van der Waals surface area contributed by atoms with Crippen LogP contribution in [0.4, 0.5) is 23.2 Å². The van der Waals surface area contributed by atoms with Gasteiger partial charge in [-0.05, 0) is 38.0 Å². The highest BCUT2D eigenvalue weighted by Crippen LogP contribution is 2.47. The molecule has 1 aromatic carbocycles. The summed E-state index contributed by atoms with van der Waals surface area (Å²) in [5.41, 5.74) is 2.27. The largest absolute Gasteiger partial charge is 0.480 e. The van der Waals surface area contributed by atoms with E-state index in [9.17, 15) is 36.7 Å². The number of benzene rings is 1. The molecule has 9 nitrogen and oxygen atoms in total. The molecule has 13 heteroatoms. The molecule has 0 bridgehead atoms. The van der Waals surface area contributed by atoms with Crippen LogP contribution in [0.15, 0.2) is 36.0 Å². The first-order chi connectivity index (χ1) is 18.2. The monoisotopic (exact) mass is 551 g/mol. The Kier molecular flexibility index (Phi) is 7.28. The number of carboxylic acid groups (broad SMARTS) is 2. The van der Waals surface area contributed by atoms with Crippen molar-refractivity contribution in [3.05, 3.63) is 64.6 Å². The summed E-state index contributed by atoms with van der Waals surface area (Å²) in [5, 5.41) is 20.1. The Balaban J connectivity index is 0.000000212. The summed E-state index contributed by atoms with van der Waals surface area (Å²) in [7, 11) is 0. The van der Waals surface area contributed by atoms with Crippen molar-refractivity contribution in [2.45, 2.75) is 57.7 Å². The van der Waals surface area contributed by atoms with E-state index in [0.29, 0.717) is 5.56 Å². The van der Waals surface area contributed by atoms with Gasteiger partial charge < -0.3 is 25.0 Å². The number of alkyl halides is 2. The number of nitrogens with zero attached hydrogens (tertiary/aromatic N) is 2. The van der Waals surface area contributed by atoms with Gasteiger partial charge >= 0.3 is 11.9 Å². The molecule has 5 rings (SSSR count). The Morgan fingerprint density at radius 1 is 1.08 bits per heavy atom. The third-order valence-electron chi connectivity index (χ3n) is 7.02. The van der Waals surface area contributed by atoms with Crippen molar-refractivity contribution in [3.8, 4) is 0 Å². The lowest BCUT2D eigenvalue weighted by atomic mass is 9.99. The highest BCUT2D eigenvalue weighted by molar-refractivity contribution is 6.40. The van der Waals surface area contributed by atoms with Crippen molar-refractivity contribution in [1.29, 1.82) is 0 Å². The average molecular weight is 551 g/mol. The van der Waals surface area contributed by atoms with Crippen LogP contribution < -0.4 is 5.32 Å². The minimum absolute atomic E-state index is 0.0533. The standard InChI is InChI=1S/C16H14F4N2O3.C10H11NO3/c1-7-4-9-6-16(19,20)13(15(24)25)22(9)12(7)14(23)21-8-2-3-10(17)11(18)5-8;1-6-5-7(9(12)10(13)14)8-3-2-4-11(6)8/h2-5,7,12-13H,6H2,1H3,(H,21,23)(H,24,25);5H,2-4H2,1H3,(H,13,14). The van der Waals surface area contributed by atoms with E-state index in [1.54, 1.807) is 13.0 Å². The minimum atomic E-state index is -3.50. The summed E-state index contributed by atoms with van der Waals surface area (Å²) in [4.78, 5) is 46.6. The van der Waals surface area contributed by atoms with Crippen LogP contribution in [-0.4, -0.2) is 61.3 Å². The molecule has 3 aliphatic heterocycles. The Morgan fingerprint density at radius 3 is 2.38 bits per heavy atom. The zero-order chi connectivity index (χ0) is 28.8. The van der Waals surface area contributed by atoms with Crippen molar-refractivity contribution in [2.24, 2.45) is 5.92 Å². The van der Waals surface area contributed by atoms with E-state index in [0.717, 1.165) is 53.9 Å². The third kappa shape index (κ3) is 5.12. The lowest BCUT2D eigenvalue weighted by molar-refractivity contribution is -0.154. The van der Waals surface area contributed by atoms with Gasteiger partial charge in [-0.15, -0.1) is 0 Å². The highest BCUT2D eigenvalue weighted by atomic mass is 19.3. The molecule has 1 aromatic heterocycles. The molecular weight excluding hydrogens is 526 g/mol. The zero-order valence-electron chi connectivity index (χ0n) is 20.9. The van der Waals surface area contributed by atoms with E-state index in [1.165, 1.54) is 6.08 Å². The molecule has 0 radical (unpaired) electrons. The van der Waals surface area contributed by atoms with E-state index >= 15 is 0 Å². The first-order valence-corrected chi connectivity index (χ1v) is 12.0. The topological polar surface area (TPSA) is 129 Å². The van der Waals surface area contributed by atoms with Crippen LogP contribution in [0, 0.1) is 24.5 Å². The number of aliphatic carboxylic acids is 2. The summed E-state index contributed by atoms with van der Waals surface area (Å²) >= 11 is 0. The van der Waals surface area contributed by atoms with Crippen LogP contribution in [0.25, 0.3) is 0 Å². The molecule has 3 aliphatic rings. The molecule has 1 amide bonds. The number of nitrogens with one attached hydrogen (secondary N) is 1. The first kappa shape index (κ1) is 27.9. The molecule has 1 saturated heterocycles. The predicted molar refractivity (Wildman–Crippen MR) is 128 cm³/mol. The van der Waals surface area contributed by atoms with Gasteiger partial charge in [-0.25, -0.2) is 27.2 Å². The van der Waals surface area contributed by atoms with Gasteiger partial charge in [0.05, 0.1) is 12.0 Å². The van der Waals surface area contributed by atoms with Gasteiger partial charge in [-0.2, -0.15) is 0 Å². The summed E-state index contributed by atoms with van der Waals surface area (Å²) in [6, 6.07) is 1.04. The zero-order valence-corrected chi connectivity index (χ0v) is 20.9. The van der Waals surface area contributed by atoms with Crippen LogP contribution in [0.1, 0.15) is 41.5 Å². The molecule has 3 N–H and O–H groups in total. The Hall–Kier alpha value is -4.16. The van der Waals surface area contributed by atoms with Crippen LogP contribution in [-0.2, 0) is 27.3 Å². The van der Waals surface area contributed by atoms with Gasteiger partial charge in [0.1, 0.15) is 6.04 Å². The number of carbonyl (C=O) groups excluding carboxylic acids is 2. The molecule has 1 fully saturated rings. The fourth-order valence-corrected chi connectivity index (χ4v) is 5.41. The number of amides is 1. The van der Waals surface area contributed by atoms with Gasteiger partial charge in [-0.3, -0.25) is 9.59 Å². The molecule has 0 spiro atoms. The molecule has 39 heavy (non-hydrogen) atoms. The third-order valence-corrected chi connectivity index (χ3v) is 7.02. The molecule has 3 atom stereocenters. The smallest absolute Gasteiger partial charge is 0.377 e. The Morgan fingerprint density at radius 2 is 1.77 bits per heavy atom. The summed E-state index contributed by atoms with van der Waals surface area (Å²) in [5.74, 6) is -10.9. The fraction of sp³-hybridized carbons (Fsp3) is 0.385. The summed E-state index contributed by atoms with van der Waals surface area (Å²) in [6.45, 7) is 4.39. The number of anilines is 1. The van der Waals surface area contributed by atoms with Gasteiger partial charge in [-0.1, -0.05) is 13.0 Å². The molecule has 3 unspecified atom stereocenters. The quantitative estimate of drug-likeness (QED) is 0.294. The second kappa shape index (κ2) is 10.2. The van der Waals surface area contributed by atoms with Gasteiger partial charge in [0.15, 0.2) is 17.7 Å². The molecule has 2 aromatic rings. The number of Topliss-reactive ketones (excluding diaryl/α,β-unsaturated/α-hetero) is 1. The number of allylic oxidation sites excluding steroid dienone is 1. The van der Waals surface area contributed by atoms with Crippen LogP contribution in [0.2, 0.25) is 0 Å². The van der Waals surface area contributed by atoms with Gasteiger partial charge in [0.2, 0.25) is 5.91 Å². The van der Waals surface area contributed by atoms with Crippen molar-refractivity contribution >= 4 is 29.3 Å². The Bertz CT molecular complexity index is 1400. The number of fused-ring (bicyclic) bond motifs is 2. The van der Waals surface area contributed by atoms with Crippen molar-refractivity contribution < 1.29 is 47.0 Å². The number of ketones is 1. The van der Waals surface area contributed by atoms with Crippen LogP contribution in [0.3, 0.4) is 0 Å². The minimum Gasteiger partial charge on any atom is -0.480 e. The lowest BCUT2D eigenvalue weighted by Gasteiger charge is -2.31. The van der Waals surface area contributed by atoms with Crippen molar-refractivity contribution in [2.75, 3.05) is 5.32 Å². The average Bonchev–Trinajstić information content (AvgIpc) is 3.56. The second-order valence-electron chi connectivity index (χ2n) is 9.70. The van der Waals surface area contributed by atoms with E-state index in [2.05, 4.69) is 5.32 Å². The molecular formula is C26H25F4N3O6. The number of halogens is 4. The van der Waals surface area contributed by atoms with Crippen LogP contribution in [0.5, 0.6) is 0 Å². The normalized spacial score (nSPS) is 22.4. The molecule has 0 aliphatic carbocycles. The number of hydrogen-bond donors (Lipinski definition) is 3. The maximum absolute atomic E-state index is 14.0. The van der Waals surface area contributed by atoms with E-state index in [4.69, 9.17) is 10.2 Å². The second-order valence-corrected chi connectivity index (χ2v) is 9.70. The maximum Gasteiger partial charge on any atom is 0.377 e. The number of aromatic nitrogens is 1. The number of aryl methyl sites for hydroxylation is 1. The number of carbonyl (C=O) groups is 4. The first-order valence-electron chi connectivity index (χ1n) is 12.0. The lowest BCUT2D eigenvalue weighted by Crippen LogP contribution is -2.53. The predicted octanol–water partition coefficient (Wildman–Crippen LogP) is 3.61. The maximum atomic E-state index is 14.0. The fourth-order valence-electron chi connectivity index (χ4n) is 5.41. The van der Waals surface area contributed by atoms with Gasteiger partial charge in [0, 0.05) is 41.3 Å². The number of carboxylic acids is 2. The summed E-state index contributed by atoms with van der Waals surface area (Å²) < 4.78 is 56.2. The van der Waals surface area contributed by atoms with E-state index in [1.807, 2.05) is 11.5 Å². The number of hydrogen-bond acceptors (Lipinski definition) is 5. The van der Waals surface area contributed by atoms with Gasteiger partial charge in [0.25, 0.3) is 11.7 Å². The van der Waals surface area contributed by atoms with Crippen LogP contribution >= 0.6 is 0 Å². The molecule has 4 heterocycles. The molecule has 0 saturated carbocycles. The van der Waals surface area contributed by atoms with E-state index in [-0.39, 0.29) is 11.4 Å². The van der Waals surface area contributed by atoms with Crippen molar-refractivity contribution in [3.63, 3.8) is 0 Å². The van der Waals surface area contributed by atoms with E-state index < -0.39 is 65.6 Å². The van der Waals surface area contributed by atoms with Crippen molar-refractivity contribution in [1.82, 2.24) is 9.47 Å². The SMILES string of the molecule is CC1C=C2CC(F)(F)C(C(=O)O)N2C1C(=O)Nc1ccc(F)c(F)c1.Cc1cc(C(=O)C(=O)O)c2n1CCC2.